The second-order valence-electron chi connectivity index (χ2n) is 4.83. The monoisotopic (exact) mass is 283 g/mol. The number of rotatable bonds is 7. The van der Waals surface area contributed by atoms with E-state index in [0.717, 1.165) is 5.56 Å². The number of hydrogen-bond donors (Lipinski definition) is 2. The lowest BCUT2D eigenvalue weighted by Crippen LogP contribution is -2.31. The summed E-state index contributed by atoms with van der Waals surface area (Å²) < 4.78 is 5.26. The second kappa shape index (κ2) is 6.89. The lowest BCUT2D eigenvalue weighted by atomic mass is 10.1. The standard InChI is InChI=1S/C14H18ClNO3/c15-12-5-3-11(4-6-12)13(17)7-16-14(18)9-19-8-10-1-2-10/h3-6,10,13,17H,1-2,7-9H2,(H,16,18). The summed E-state index contributed by atoms with van der Waals surface area (Å²) in [5.41, 5.74) is 0.726. The van der Waals surface area contributed by atoms with Crippen molar-refractivity contribution < 1.29 is 14.6 Å². The molecule has 1 aliphatic rings. The van der Waals surface area contributed by atoms with Gasteiger partial charge in [-0.2, -0.15) is 0 Å². The first-order valence-electron chi connectivity index (χ1n) is 6.43. The summed E-state index contributed by atoms with van der Waals surface area (Å²) >= 11 is 5.76. The van der Waals surface area contributed by atoms with Crippen molar-refractivity contribution in [3.8, 4) is 0 Å². The zero-order valence-electron chi connectivity index (χ0n) is 10.6. The fourth-order valence-electron chi connectivity index (χ4n) is 1.67. The van der Waals surface area contributed by atoms with Crippen molar-refractivity contribution in [1.29, 1.82) is 0 Å². The number of amides is 1. The zero-order valence-corrected chi connectivity index (χ0v) is 11.4. The maximum absolute atomic E-state index is 11.5. The van der Waals surface area contributed by atoms with Gasteiger partial charge in [-0.05, 0) is 36.5 Å². The SMILES string of the molecule is O=C(COCC1CC1)NCC(O)c1ccc(Cl)cc1. The first-order valence-corrected chi connectivity index (χ1v) is 6.81. The number of aliphatic hydroxyl groups is 1. The Balaban J connectivity index is 1.65. The summed E-state index contributed by atoms with van der Waals surface area (Å²) in [6, 6.07) is 6.90. The van der Waals surface area contributed by atoms with E-state index in [-0.39, 0.29) is 19.1 Å². The van der Waals surface area contributed by atoms with Gasteiger partial charge in [0.2, 0.25) is 5.91 Å². The lowest BCUT2D eigenvalue weighted by molar-refractivity contribution is -0.126. The zero-order chi connectivity index (χ0) is 13.7. The maximum Gasteiger partial charge on any atom is 0.246 e. The minimum absolute atomic E-state index is 0.0594. The van der Waals surface area contributed by atoms with Gasteiger partial charge in [-0.3, -0.25) is 4.79 Å². The van der Waals surface area contributed by atoms with Crippen LogP contribution >= 0.6 is 11.6 Å². The van der Waals surface area contributed by atoms with E-state index in [4.69, 9.17) is 16.3 Å². The molecule has 104 valence electrons. The molecule has 1 saturated carbocycles. The highest BCUT2D eigenvalue weighted by atomic mass is 35.5. The number of aliphatic hydroxyl groups excluding tert-OH is 1. The van der Waals surface area contributed by atoms with Gasteiger partial charge in [0, 0.05) is 11.6 Å². The van der Waals surface area contributed by atoms with Crippen molar-refractivity contribution in [2.24, 2.45) is 5.92 Å². The average Bonchev–Trinajstić information content (AvgIpc) is 3.21. The van der Waals surface area contributed by atoms with Crippen LogP contribution < -0.4 is 5.32 Å². The van der Waals surface area contributed by atoms with E-state index < -0.39 is 6.10 Å². The molecule has 1 aromatic carbocycles. The molecule has 0 radical (unpaired) electrons. The van der Waals surface area contributed by atoms with E-state index in [1.807, 2.05) is 0 Å². The Morgan fingerprint density at radius 3 is 2.74 bits per heavy atom. The Morgan fingerprint density at radius 2 is 2.11 bits per heavy atom. The van der Waals surface area contributed by atoms with Crippen molar-refractivity contribution in [2.75, 3.05) is 19.8 Å². The summed E-state index contributed by atoms with van der Waals surface area (Å²) in [7, 11) is 0. The van der Waals surface area contributed by atoms with Crippen LogP contribution in [0.2, 0.25) is 5.02 Å². The molecule has 4 nitrogen and oxygen atoms in total. The van der Waals surface area contributed by atoms with Crippen LogP contribution in [0.1, 0.15) is 24.5 Å². The van der Waals surface area contributed by atoms with Gasteiger partial charge in [-0.15, -0.1) is 0 Å². The van der Waals surface area contributed by atoms with Crippen LogP contribution in [0.3, 0.4) is 0 Å². The third kappa shape index (κ3) is 5.19. The van der Waals surface area contributed by atoms with Gasteiger partial charge in [0.15, 0.2) is 0 Å². The number of halogens is 1. The van der Waals surface area contributed by atoms with Gasteiger partial charge in [0.1, 0.15) is 6.61 Å². The van der Waals surface area contributed by atoms with Crippen LogP contribution in [0.4, 0.5) is 0 Å². The molecule has 0 heterocycles. The predicted octanol–water partition coefficient (Wildman–Crippen LogP) is 1.92. The summed E-state index contributed by atoms with van der Waals surface area (Å²) in [5.74, 6) is 0.445. The van der Waals surface area contributed by atoms with Crippen molar-refractivity contribution >= 4 is 17.5 Å². The van der Waals surface area contributed by atoms with Gasteiger partial charge >= 0.3 is 0 Å². The molecule has 1 fully saturated rings. The van der Waals surface area contributed by atoms with Gasteiger partial charge in [0.05, 0.1) is 12.7 Å². The van der Waals surface area contributed by atoms with Gasteiger partial charge < -0.3 is 15.2 Å². The molecule has 1 amide bonds. The van der Waals surface area contributed by atoms with Crippen molar-refractivity contribution in [3.63, 3.8) is 0 Å². The Bertz CT molecular complexity index is 417. The molecule has 2 rings (SSSR count). The minimum atomic E-state index is -0.732. The summed E-state index contributed by atoms with van der Waals surface area (Å²) in [5, 5.41) is 13.1. The van der Waals surface area contributed by atoms with Crippen molar-refractivity contribution in [1.82, 2.24) is 5.32 Å². The van der Waals surface area contributed by atoms with E-state index in [1.54, 1.807) is 24.3 Å². The number of nitrogens with one attached hydrogen (secondary N) is 1. The Morgan fingerprint density at radius 1 is 1.42 bits per heavy atom. The Hall–Kier alpha value is -1.10. The highest BCUT2D eigenvalue weighted by molar-refractivity contribution is 6.30. The number of hydrogen-bond acceptors (Lipinski definition) is 3. The fourth-order valence-corrected chi connectivity index (χ4v) is 1.79. The van der Waals surface area contributed by atoms with Gasteiger partial charge in [-0.1, -0.05) is 23.7 Å². The largest absolute Gasteiger partial charge is 0.387 e. The first kappa shape index (κ1) is 14.3. The first-order chi connectivity index (χ1) is 9.15. The molecular formula is C14H18ClNO3. The molecule has 1 unspecified atom stereocenters. The number of benzene rings is 1. The molecule has 0 bridgehead atoms. The Kier molecular flexibility index (Phi) is 5.19. The lowest BCUT2D eigenvalue weighted by Gasteiger charge is -2.12. The second-order valence-corrected chi connectivity index (χ2v) is 5.27. The van der Waals surface area contributed by atoms with Crippen molar-refractivity contribution in [2.45, 2.75) is 18.9 Å². The highest BCUT2D eigenvalue weighted by Crippen LogP contribution is 2.28. The molecule has 5 heteroatoms. The number of ether oxygens (including phenoxy) is 1. The quantitative estimate of drug-likeness (QED) is 0.804. The summed E-state index contributed by atoms with van der Waals surface area (Å²) in [6.45, 7) is 0.893. The highest BCUT2D eigenvalue weighted by Gasteiger charge is 2.21. The molecular weight excluding hydrogens is 266 g/mol. The Labute approximate surface area is 117 Å². The van der Waals surface area contributed by atoms with Crippen LogP contribution in [0.5, 0.6) is 0 Å². The van der Waals surface area contributed by atoms with E-state index in [0.29, 0.717) is 17.5 Å². The van der Waals surface area contributed by atoms with Crippen LogP contribution in [-0.2, 0) is 9.53 Å². The topological polar surface area (TPSA) is 58.6 Å². The normalized spacial score (nSPS) is 16.1. The molecule has 0 spiro atoms. The summed E-state index contributed by atoms with van der Waals surface area (Å²) in [4.78, 5) is 11.5. The molecule has 19 heavy (non-hydrogen) atoms. The predicted molar refractivity (Wildman–Crippen MR) is 73.0 cm³/mol. The molecule has 0 aliphatic heterocycles. The van der Waals surface area contributed by atoms with Gasteiger partial charge in [-0.25, -0.2) is 0 Å². The smallest absolute Gasteiger partial charge is 0.246 e. The van der Waals surface area contributed by atoms with E-state index in [1.165, 1.54) is 12.8 Å². The van der Waals surface area contributed by atoms with E-state index >= 15 is 0 Å². The molecule has 1 aromatic rings. The third-order valence-corrected chi connectivity index (χ3v) is 3.28. The molecule has 0 aromatic heterocycles. The van der Waals surface area contributed by atoms with Crippen molar-refractivity contribution in [3.05, 3.63) is 34.9 Å². The molecule has 1 atom stereocenters. The molecule has 2 N–H and O–H groups in total. The van der Waals surface area contributed by atoms with Crippen LogP contribution in [0.25, 0.3) is 0 Å². The average molecular weight is 284 g/mol. The molecule has 0 saturated heterocycles. The van der Waals surface area contributed by atoms with E-state index in [9.17, 15) is 9.90 Å². The van der Waals surface area contributed by atoms with Crippen LogP contribution in [-0.4, -0.2) is 30.8 Å². The maximum atomic E-state index is 11.5. The third-order valence-electron chi connectivity index (χ3n) is 3.03. The summed E-state index contributed by atoms with van der Waals surface area (Å²) in [6.07, 6.45) is 1.68. The number of carbonyl (C=O) groups excluding carboxylic acids is 1. The van der Waals surface area contributed by atoms with Crippen LogP contribution in [0, 0.1) is 5.92 Å². The minimum Gasteiger partial charge on any atom is -0.387 e. The molecule has 1 aliphatic carbocycles. The number of carbonyl (C=O) groups is 1. The fraction of sp³-hybridized carbons (Fsp3) is 0.500. The van der Waals surface area contributed by atoms with Gasteiger partial charge in [0.25, 0.3) is 0 Å². The van der Waals surface area contributed by atoms with Crippen LogP contribution in [0.15, 0.2) is 24.3 Å². The van der Waals surface area contributed by atoms with E-state index in [2.05, 4.69) is 5.32 Å².